The van der Waals surface area contributed by atoms with E-state index < -0.39 is 11.5 Å². The molecule has 2 aliphatic rings. The number of fused-ring (bicyclic) bond motifs is 1. The molecule has 0 saturated carbocycles. The second-order valence-electron chi connectivity index (χ2n) is 7.27. The first kappa shape index (κ1) is 20.1. The van der Waals surface area contributed by atoms with Crippen molar-refractivity contribution in [2.24, 2.45) is 0 Å². The number of anilines is 1. The molecule has 4 rings (SSSR count). The smallest absolute Gasteiger partial charge is 0.261 e. The van der Waals surface area contributed by atoms with Crippen LogP contribution in [0.2, 0.25) is 0 Å². The van der Waals surface area contributed by atoms with Gasteiger partial charge in [-0.3, -0.25) is 14.4 Å². The van der Waals surface area contributed by atoms with E-state index in [1.54, 1.807) is 53.4 Å². The molecule has 1 saturated heterocycles. The lowest BCUT2D eigenvalue weighted by Crippen LogP contribution is -2.42. The zero-order chi connectivity index (χ0) is 21.1. The van der Waals surface area contributed by atoms with Crippen LogP contribution >= 0.6 is 0 Å². The van der Waals surface area contributed by atoms with Crippen molar-refractivity contribution in [2.45, 2.75) is 12.0 Å². The number of ketones is 1. The van der Waals surface area contributed by atoms with Crippen LogP contribution < -0.4 is 10.1 Å². The van der Waals surface area contributed by atoms with E-state index in [4.69, 9.17) is 9.47 Å². The first-order chi connectivity index (χ1) is 14.5. The van der Waals surface area contributed by atoms with Gasteiger partial charge in [-0.1, -0.05) is 18.2 Å². The SMILES string of the molecule is O=C(C[C@@]1(O)C(=O)Nc2ccccc21)c1ccc(OCC(=O)N2CCOCC2)cc1. The second-order valence-corrected chi connectivity index (χ2v) is 7.27. The van der Waals surface area contributed by atoms with Crippen LogP contribution in [0.3, 0.4) is 0 Å². The predicted molar refractivity (Wildman–Crippen MR) is 107 cm³/mol. The summed E-state index contributed by atoms with van der Waals surface area (Å²) in [5, 5.41) is 13.5. The molecule has 30 heavy (non-hydrogen) atoms. The zero-order valence-corrected chi connectivity index (χ0v) is 16.3. The highest BCUT2D eigenvalue weighted by molar-refractivity contribution is 6.09. The number of ether oxygens (including phenoxy) is 2. The van der Waals surface area contributed by atoms with Crippen molar-refractivity contribution in [1.82, 2.24) is 4.90 Å². The number of carbonyl (C=O) groups is 3. The van der Waals surface area contributed by atoms with Crippen LogP contribution in [-0.4, -0.2) is 60.5 Å². The van der Waals surface area contributed by atoms with E-state index in [1.165, 1.54) is 0 Å². The molecule has 0 spiro atoms. The summed E-state index contributed by atoms with van der Waals surface area (Å²) >= 11 is 0. The Balaban J connectivity index is 1.37. The molecule has 0 bridgehead atoms. The van der Waals surface area contributed by atoms with Gasteiger partial charge in [-0.2, -0.15) is 0 Å². The van der Waals surface area contributed by atoms with E-state index in [0.29, 0.717) is 48.9 Å². The van der Waals surface area contributed by atoms with Crippen LogP contribution in [0.1, 0.15) is 22.3 Å². The fraction of sp³-hybridized carbons (Fsp3) is 0.318. The second kappa shape index (κ2) is 8.25. The maximum Gasteiger partial charge on any atom is 0.261 e. The molecule has 8 nitrogen and oxygen atoms in total. The summed E-state index contributed by atoms with van der Waals surface area (Å²) in [5.41, 5.74) is -0.656. The number of hydrogen-bond donors (Lipinski definition) is 2. The lowest BCUT2D eigenvalue weighted by Gasteiger charge is -2.26. The van der Waals surface area contributed by atoms with Crippen molar-refractivity contribution >= 4 is 23.3 Å². The monoisotopic (exact) mass is 410 g/mol. The third-order valence-corrected chi connectivity index (χ3v) is 5.32. The maximum absolute atomic E-state index is 12.7. The van der Waals surface area contributed by atoms with Crippen LogP contribution in [0.5, 0.6) is 5.75 Å². The molecule has 2 heterocycles. The highest BCUT2D eigenvalue weighted by atomic mass is 16.5. The molecule has 1 atom stereocenters. The van der Waals surface area contributed by atoms with Gasteiger partial charge in [0.1, 0.15) is 5.75 Å². The highest BCUT2D eigenvalue weighted by Gasteiger charge is 2.46. The number of carbonyl (C=O) groups excluding carboxylic acids is 3. The summed E-state index contributed by atoms with van der Waals surface area (Å²) in [7, 11) is 0. The predicted octanol–water partition coefficient (Wildman–Crippen LogP) is 1.34. The Morgan fingerprint density at radius 1 is 1.10 bits per heavy atom. The van der Waals surface area contributed by atoms with Gasteiger partial charge in [0.05, 0.1) is 19.6 Å². The lowest BCUT2D eigenvalue weighted by molar-refractivity contribution is -0.137. The van der Waals surface area contributed by atoms with Gasteiger partial charge in [-0.05, 0) is 30.3 Å². The summed E-state index contributed by atoms with van der Waals surface area (Å²) in [5.74, 6) is -0.652. The van der Waals surface area contributed by atoms with Crippen LogP contribution in [-0.2, 0) is 19.9 Å². The number of para-hydroxylation sites is 1. The van der Waals surface area contributed by atoms with E-state index >= 15 is 0 Å². The Morgan fingerprint density at radius 2 is 1.80 bits per heavy atom. The van der Waals surface area contributed by atoms with Crippen molar-refractivity contribution in [2.75, 3.05) is 38.2 Å². The standard InChI is InChI=1S/C22H22N2O6/c25-19(13-22(28)17-3-1-2-4-18(17)23-21(22)27)15-5-7-16(8-6-15)30-14-20(26)24-9-11-29-12-10-24/h1-8,28H,9-14H2,(H,23,27)/t22-/m0/s1. The number of rotatable bonds is 6. The van der Waals surface area contributed by atoms with Gasteiger partial charge in [-0.25, -0.2) is 0 Å². The lowest BCUT2D eigenvalue weighted by atomic mass is 9.88. The van der Waals surface area contributed by atoms with Crippen molar-refractivity contribution in [3.05, 3.63) is 59.7 Å². The quantitative estimate of drug-likeness (QED) is 0.697. The number of benzene rings is 2. The first-order valence-electron chi connectivity index (χ1n) is 9.72. The molecule has 156 valence electrons. The molecular formula is C22H22N2O6. The molecule has 0 unspecified atom stereocenters. The molecule has 2 aliphatic heterocycles. The molecule has 0 radical (unpaired) electrons. The average molecular weight is 410 g/mol. The number of nitrogens with zero attached hydrogens (tertiary/aromatic N) is 1. The average Bonchev–Trinajstić information content (AvgIpc) is 3.03. The zero-order valence-electron chi connectivity index (χ0n) is 16.3. The van der Waals surface area contributed by atoms with E-state index in [0.717, 1.165) is 0 Å². The minimum atomic E-state index is -1.90. The van der Waals surface area contributed by atoms with Crippen molar-refractivity contribution in [3.63, 3.8) is 0 Å². The summed E-state index contributed by atoms with van der Waals surface area (Å²) in [6, 6.07) is 13.0. The highest BCUT2D eigenvalue weighted by Crippen LogP contribution is 2.38. The summed E-state index contributed by atoms with van der Waals surface area (Å²) in [6.45, 7) is 2.06. The van der Waals surface area contributed by atoms with Gasteiger partial charge >= 0.3 is 0 Å². The molecule has 2 N–H and O–H groups in total. The third-order valence-electron chi connectivity index (χ3n) is 5.32. The molecule has 2 aromatic rings. The minimum absolute atomic E-state index is 0.0933. The fourth-order valence-electron chi connectivity index (χ4n) is 3.60. The van der Waals surface area contributed by atoms with Crippen molar-refractivity contribution < 1.29 is 29.0 Å². The Bertz CT molecular complexity index is 968. The van der Waals surface area contributed by atoms with E-state index in [9.17, 15) is 19.5 Å². The molecule has 2 amide bonds. The summed E-state index contributed by atoms with van der Waals surface area (Å²) in [4.78, 5) is 38.8. The van der Waals surface area contributed by atoms with Gasteiger partial charge in [0, 0.05) is 29.9 Å². The van der Waals surface area contributed by atoms with Crippen LogP contribution in [0, 0.1) is 0 Å². The van der Waals surface area contributed by atoms with Gasteiger partial charge in [-0.15, -0.1) is 0 Å². The molecule has 2 aromatic carbocycles. The largest absolute Gasteiger partial charge is 0.484 e. The van der Waals surface area contributed by atoms with E-state index in [-0.39, 0.29) is 24.7 Å². The Kier molecular flexibility index (Phi) is 5.52. The van der Waals surface area contributed by atoms with Crippen molar-refractivity contribution in [3.8, 4) is 5.75 Å². The third kappa shape index (κ3) is 3.92. The Morgan fingerprint density at radius 3 is 2.53 bits per heavy atom. The fourth-order valence-corrected chi connectivity index (χ4v) is 3.60. The summed E-state index contributed by atoms with van der Waals surface area (Å²) < 4.78 is 10.7. The topological polar surface area (TPSA) is 105 Å². The van der Waals surface area contributed by atoms with Gasteiger partial charge in [0.15, 0.2) is 18.0 Å². The number of hydrogen-bond acceptors (Lipinski definition) is 6. The number of aliphatic hydroxyl groups is 1. The summed E-state index contributed by atoms with van der Waals surface area (Å²) in [6.07, 6.45) is -0.369. The van der Waals surface area contributed by atoms with Gasteiger partial charge in [0.2, 0.25) is 0 Å². The van der Waals surface area contributed by atoms with Crippen LogP contribution in [0.4, 0.5) is 5.69 Å². The molecule has 0 aliphatic carbocycles. The number of amides is 2. The maximum atomic E-state index is 12.7. The van der Waals surface area contributed by atoms with E-state index in [2.05, 4.69) is 5.32 Å². The van der Waals surface area contributed by atoms with Gasteiger partial charge in [0.25, 0.3) is 11.8 Å². The normalized spacial score (nSPS) is 20.4. The minimum Gasteiger partial charge on any atom is -0.484 e. The number of nitrogens with one attached hydrogen (secondary N) is 1. The Hall–Kier alpha value is -3.23. The van der Waals surface area contributed by atoms with Crippen LogP contribution in [0.25, 0.3) is 0 Å². The number of Topliss-reactive ketones (excluding diaryl/α,β-unsaturated/α-hetero) is 1. The molecular weight excluding hydrogens is 388 g/mol. The van der Waals surface area contributed by atoms with Gasteiger partial charge < -0.3 is 24.8 Å². The van der Waals surface area contributed by atoms with Crippen LogP contribution in [0.15, 0.2) is 48.5 Å². The molecule has 8 heteroatoms. The number of morpholine rings is 1. The molecule has 0 aromatic heterocycles. The Labute approximate surface area is 173 Å². The van der Waals surface area contributed by atoms with Crippen molar-refractivity contribution in [1.29, 1.82) is 0 Å². The first-order valence-corrected chi connectivity index (χ1v) is 9.72. The van der Waals surface area contributed by atoms with E-state index in [1.807, 2.05) is 0 Å². The molecule has 1 fully saturated rings.